The Morgan fingerprint density at radius 2 is 1.09 bits per heavy atom. The van der Waals surface area contributed by atoms with E-state index in [0.717, 1.165) is 70.3 Å². The molecule has 0 aromatic heterocycles. The fourth-order valence-electron chi connectivity index (χ4n) is 6.11. The summed E-state index contributed by atoms with van der Waals surface area (Å²) in [6.45, 7) is 27.9. The van der Waals surface area contributed by atoms with E-state index >= 15 is 0 Å². The van der Waals surface area contributed by atoms with Crippen molar-refractivity contribution in [3.8, 4) is 11.5 Å². The van der Waals surface area contributed by atoms with Gasteiger partial charge in [-0.05, 0) is 67.5 Å². The van der Waals surface area contributed by atoms with Crippen LogP contribution < -0.4 is 9.47 Å². The van der Waals surface area contributed by atoms with Crippen molar-refractivity contribution in [3.05, 3.63) is 68.3 Å². The second kappa shape index (κ2) is 15.6. The summed E-state index contributed by atoms with van der Waals surface area (Å²) >= 11 is 0. The van der Waals surface area contributed by atoms with E-state index in [0.29, 0.717) is 49.7 Å². The van der Waals surface area contributed by atoms with Crippen LogP contribution in [0, 0.1) is 13.8 Å². The summed E-state index contributed by atoms with van der Waals surface area (Å²) in [5.41, 5.74) is 9.67. The molecule has 4 rings (SSSR count). The number of hydrogen-bond acceptors (Lipinski definition) is 7. The molecule has 9 heteroatoms. The highest BCUT2D eigenvalue weighted by atomic mass is 28.3. The molecule has 2 heterocycles. The maximum atomic E-state index is 12.2. The van der Waals surface area contributed by atoms with E-state index in [1.165, 1.54) is 11.1 Å². The Morgan fingerprint density at radius 1 is 0.696 bits per heavy atom. The van der Waals surface area contributed by atoms with Crippen molar-refractivity contribution >= 4 is 34.4 Å². The Balaban J connectivity index is 0.000000250. The average molecular weight is 667 g/mol. The summed E-state index contributed by atoms with van der Waals surface area (Å²) in [6.07, 6.45) is 5.47. The van der Waals surface area contributed by atoms with Gasteiger partial charge in [0.25, 0.3) is 0 Å². The van der Waals surface area contributed by atoms with Gasteiger partial charge in [-0.2, -0.15) is 0 Å². The number of benzene rings is 2. The number of rotatable bonds is 14. The smallest absolute Gasteiger partial charge is 0.342 e. The molecule has 2 aliphatic heterocycles. The number of ether oxygens (including phenoxy) is 4. The molecule has 46 heavy (non-hydrogen) atoms. The van der Waals surface area contributed by atoms with Crippen LogP contribution in [0.15, 0.2) is 12.7 Å². The zero-order valence-electron chi connectivity index (χ0n) is 29.8. The number of cyclic esters (lactones) is 2. The predicted octanol–water partition coefficient (Wildman–Crippen LogP) is 8.36. The topological polar surface area (TPSA) is 88.1 Å². The average Bonchev–Trinajstić information content (AvgIpc) is 3.55. The highest BCUT2D eigenvalue weighted by Crippen LogP contribution is 2.40. The zero-order chi connectivity index (χ0) is 34.4. The molecule has 252 valence electrons. The lowest BCUT2D eigenvalue weighted by molar-refractivity contribution is -0.107. The first kappa shape index (κ1) is 37.3. The number of carbonyl (C=O) groups excluding carboxylic acids is 3. The predicted molar refractivity (Wildman–Crippen MR) is 190 cm³/mol. The molecule has 0 radical (unpaired) electrons. The van der Waals surface area contributed by atoms with Crippen molar-refractivity contribution in [2.45, 2.75) is 118 Å². The van der Waals surface area contributed by atoms with E-state index in [-0.39, 0.29) is 18.4 Å². The summed E-state index contributed by atoms with van der Waals surface area (Å²) in [6, 6.07) is 2.08. The first-order chi connectivity index (χ1) is 21.6. The Hall–Kier alpha value is -3.18. The molecule has 0 amide bonds. The van der Waals surface area contributed by atoms with Gasteiger partial charge in [-0.25, -0.2) is 9.59 Å². The molecule has 2 aromatic carbocycles. The van der Waals surface area contributed by atoms with Crippen molar-refractivity contribution in [1.29, 1.82) is 0 Å². The number of esters is 2. The van der Waals surface area contributed by atoms with Gasteiger partial charge >= 0.3 is 11.9 Å². The van der Waals surface area contributed by atoms with Crippen LogP contribution in [0.2, 0.25) is 51.4 Å². The third-order valence-corrected chi connectivity index (χ3v) is 12.2. The van der Waals surface area contributed by atoms with E-state index in [9.17, 15) is 14.4 Å². The van der Waals surface area contributed by atoms with Crippen molar-refractivity contribution in [3.63, 3.8) is 0 Å². The fourth-order valence-corrected chi connectivity index (χ4v) is 7.54. The summed E-state index contributed by atoms with van der Waals surface area (Å²) in [4.78, 5) is 35.6. The minimum Gasteiger partial charge on any atom is -0.493 e. The number of carbonyl (C=O) groups is 3. The van der Waals surface area contributed by atoms with Crippen LogP contribution in [0.3, 0.4) is 0 Å². The summed E-state index contributed by atoms with van der Waals surface area (Å²) in [5.74, 6) is 0.735. The maximum absolute atomic E-state index is 12.2. The van der Waals surface area contributed by atoms with Crippen LogP contribution in [-0.4, -0.2) is 47.6 Å². The summed E-state index contributed by atoms with van der Waals surface area (Å²) < 4.78 is 22.7. The molecule has 0 spiro atoms. The van der Waals surface area contributed by atoms with Crippen LogP contribution in [-0.2, 0) is 53.2 Å². The van der Waals surface area contributed by atoms with E-state index < -0.39 is 16.1 Å². The number of hydrogen-bond donors (Lipinski definition) is 0. The molecule has 0 saturated carbocycles. The van der Waals surface area contributed by atoms with Gasteiger partial charge in [0, 0.05) is 44.8 Å². The molecule has 0 fully saturated rings. The van der Waals surface area contributed by atoms with Crippen LogP contribution >= 0.6 is 0 Å². The molecule has 2 aliphatic rings. The first-order valence-corrected chi connectivity index (χ1v) is 24.0. The van der Waals surface area contributed by atoms with E-state index in [4.69, 9.17) is 18.9 Å². The quantitative estimate of drug-likeness (QED) is 0.0867. The highest BCUT2D eigenvalue weighted by Gasteiger charge is 2.33. The normalized spacial score (nSPS) is 13.7. The lowest BCUT2D eigenvalue weighted by Gasteiger charge is -2.21. The molecule has 2 aromatic rings. The highest BCUT2D eigenvalue weighted by molar-refractivity contribution is 6.76. The van der Waals surface area contributed by atoms with Gasteiger partial charge < -0.3 is 23.7 Å². The van der Waals surface area contributed by atoms with Gasteiger partial charge in [-0.1, -0.05) is 59.2 Å². The maximum Gasteiger partial charge on any atom is 0.342 e. The second-order valence-corrected chi connectivity index (χ2v) is 25.8. The van der Waals surface area contributed by atoms with Crippen LogP contribution in [0.5, 0.6) is 11.5 Å². The molecular formula is C37H54O7Si2. The minimum absolute atomic E-state index is 0.251. The second-order valence-electron chi connectivity index (χ2n) is 14.6. The molecule has 0 bridgehead atoms. The molecule has 0 atom stereocenters. The summed E-state index contributed by atoms with van der Waals surface area (Å²) in [7, 11) is -2.42. The van der Waals surface area contributed by atoms with Gasteiger partial charge in [0.1, 0.15) is 42.1 Å². The van der Waals surface area contributed by atoms with E-state index in [1.807, 2.05) is 13.0 Å². The first-order valence-electron chi connectivity index (χ1n) is 16.6. The Labute approximate surface area is 278 Å². The monoisotopic (exact) mass is 666 g/mol. The molecular weight excluding hydrogens is 613 g/mol. The minimum atomic E-state index is -1.23. The number of aldehydes is 1. The van der Waals surface area contributed by atoms with Crippen LogP contribution in [0.25, 0.3) is 0 Å². The lowest BCUT2D eigenvalue weighted by Crippen LogP contribution is -2.23. The lowest BCUT2D eigenvalue weighted by atomic mass is 9.89. The van der Waals surface area contributed by atoms with Gasteiger partial charge in [-0.3, -0.25) is 0 Å². The van der Waals surface area contributed by atoms with Crippen molar-refractivity contribution in [2.24, 2.45) is 0 Å². The molecule has 7 nitrogen and oxygen atoms in total. The van der Waals surface area contributed by atoms with Gasteiger partial charge in [0.2, 0.25) is 0 Å². The molecule has 0 aliphatic carbocycles. The van der Waals surface area contributed by atoms with Crippen molar-refractivity contribution < 1.29 is 33.3 Å². The van der Waals surface area contributed by atoms with Gasteiger partial charge in [0.15, 0.2) is 0 Å². The standard InChI is InChI=1S/C19H28O3Si.C18H26O4Si/c1-7-9-15-14(8-2)13(3)16-12-22-19(20)17(16)18(15)21-10-11-23(4,5)6;1-6-13-12(2)15-11-22-18(20)16(15)17(14(13)7-8-19)21-9-10-23(3,4)5/h7H,1,8-12H2,2-6H3;8H,6-7,9-11H2,1-5H3. The van der Waals surface area contributed by atoms with E-state index in [2.05, 4.69) is 66.6 Å². The molecule has 0 unspecified atom stereocenters. The van der Waals surface area contributed by atoms with Gasteiger partial charge in [-0.15, -0.1) is 6.58 Å². The van der Waals surface area contributed by atoms with Crippen LogP contribution in [0.4, 0.5) is 0 Å². The largest absolute Gasteiger partial charge is 0.493 e. The Kier molecular flexibility index (Phi) is 12.7. The third kappa shape index (κ3) is 8.59. The van der Waals surface area contributed by atoms with E-state index in [1.54, 1.807) is 0 Å². The number of fused-ring (bicyclic) bond motifs is 2. The third-order valence-electron chi connectivity index (χ3n) is 8.79. The zero-order valence-corrected chi connectivity index (χ0v) is 31.8. The van der Waals surface area contributed by atoms with Crippen LogP contribution in [0.1, 0.15) is 79.1 Å². The molecule has 0 saturated heterocycles. The SMILES string of the molecule is C=CCc1c(CC)c(C)c2c(c1OCC[Si](C)(C)C)C(=O)OC2.CCc1c(C)c2c(c(OCC[Si](C)(C)C)c1CC=O)C(=O)OC2. The van der Waals surface area contributed by atoms with Gasteiger partial charge in [0.05, 0.1) is 13.2 Å². The summed E-state index contributed by atoms with van der Waals surface area (Å²) in [5, 5.41) is 0. The van der Waals surface area contributed by atoms with Crippen molar-refractivity contribution in [2.75, 3.05) is 13.2 Å². The Morgan fingerprint density at radius 3 is 1.41 bits per heavy atom. The van der Waals surface area contributed by atoms with Crippen molar-refractivity contribution in [1.82, 2.24) is 0 Å². The molecule has 0 N–H and O–H groups in total. The number of allylic oxidation sites excluding steroid dienone is 1. The Bertz CT molecular complexity index is 1370. The fraction of sp³-hybridized carbons (Fsp3) is 0.541.